The molecular formula is C19H23N7O. The van der Waals surface area contributed by atoms with Gasteiger partial charge in [-0.05, 0) is 38.0 Å². The number of aryl methyl sites for hydroxylation is 1. The molecule has 27 heavy (non-hydrogen) atoms. The number of benzene rings is 1. The number of fused-ring (bicyclic) bond motifs is 1. The van der Waals surface area contributed by atoms with Crippen LogP contribution in [0.5, 0.6) is 0 Å². The number of aromatic amines is 1. The van der Waals surface area contributed by atoms with Crippen molar-refractivity contribution in [3.8, 4) is 0 Å². The van der Waals surface area contributed by atoms with Gasteiger partial charge in [-0.2, -0.15) is 10.1 Å². The number of amides is 1. The zero-order valence-electron chi connectivity index (χ0n) is 15.3. The summed E-state index contributed by atoms with van der Waals surface area (Å²) in [6, 6.07) is 5.95. The predicted octanol–water partition coefficient (Wildman–Crippen LogP) is 2.83. The number of anilines is 3. The number of H-pyrrole nitrogens is 1. The summed E-state index contributed by atoms with van der Waals surface area (Å²) in [6.07, 6.45) is 6.17. The average Bonchev–Trinajstić information content (AvgIpc) is 3.29. The van der Waals surface area contributed by atoms with E-state index < -0.39 is 0 Å². The van der Waals surface area contributed by atoms with E-state index in [1.807, 2.05) is 30.0 Å². The fourth-order valence-corrected chi connectivity index (χ4v) is 3.24. The summed E-state index contributed by atoms with van der Waals surface area (Å²) in [6.45, 7) is 4.43. The van der Waals surface area contributed by atoms with Crippen LogP contribution < -0.4 is 10.6 Å². The Bertz CT molecular complexity index is 952. The van der Waals surface area contributed by atoms with Crippen molar-refractivity contribution in [1.29, 1.82) is 0 Å². The largest absolute Gasteiger partial charge is 0.370 e. The van der Waals surface area contributed by atoms with Crippen LogP contribution in [-0.4, -0.2) is 50.6 Å². The number of carbonyl (C=O) groups excluding carboxylic acids is 1. The molecule has 0 bridgehead atoms. The first-order valence-electron chi connectivity index (χ1n) is 9.24. The summed E-state index contributed by atoms with van der Waals surface area (Å²) in [7, 11) is 0. The summed E-state index contributed by atoms with van der Waals surface area (Å²) < 4.78 is 0. The molecule has 0 atom stereocenters. The predicted molar refractivity (Wildman–Crippen MR) is 105 cm³/mol. The van der Waals surface area contributed by atoms with Crippen molar-refractivity contribution >= 4 is 34.3 Å². The molecule has 3 aromatic rings. The molecule has 0 radical (unpaired) electrons. The number of carbonyl (C=O) groups is 1. The number of hydrogen-bond donors (Lipinski definition) is 3. The second kappa shape index (κ2) is 7.61. The molecule has 1 aliphatic heterocycles. The first-order chi connectivity index (χ1) is 13.2. The Labute approximate surface area is 157 Å². The molecule has 4 rings (SSSR count). The minimum Gasteiger partial charge on any atom is -0.370 e. The van der Waals surface area contributed by atoms with Crippen molar-refractivity contribution in [1.82, 2.24) is 25.1 Å². The fraction of sp³-hybridized carbons (Fsp3) is 0.368. The minimum absolute atomic E-state index is 0.272. The van der Waals surface area contributed by atoms with Gasteiger partial charge in [-0.1, -0.05) is 0 Å². The van der Waals surface area contributed by atoms with Gasteiger partial charge in [-0.3, -0.25) is 9.89 Å². The highest BCUT2D eigenvalue weighted by Crippen LogP contribution is 2.20. The van der Waals surface area contributed by atoms with E-state index in [0.717, 1.165) is 60.4 Å². The van der Waals surface area contributed by atoms with Crippen molar-refractivity contribution in [2.45, 2.75) is 26.2 Å². The van der Waals surface area contributed by atoms with Crippen molar-refractivity contribution in [2.24, 2.45) is 0 Å². The molecule has 1 aliphatic rings. The van der Waals surface area contributed by atoms with Crippen LogP contribution in [0.4, 0.5) is 17.5 Å². The molecule has 8 nitrogen and oxygen atoms in total. The Kier molecular flexibility index (Phi) is 4.86. The Morgan fingerprint density at radius 2 is 2.22 bits per heavy atom. The molecule has 0 saturated carbocycles. The maximum Gasteiger partial charge on any atom is 0.229 e. The highest BCUT2D eigenvalue weighted by Gasteiger charge is 2.18. The number of likely N-dealkylation sites (tertiary alicyclic amines) is 1. The quantitative estimate of drug-likeness (QED) is 0.557. The molecule has 1 fully saturated rings. The summed E-state index contributed by atoms with van der Waals surface area (Å²) in [5, 5.41) is 14.6. The second-order valence-electron chi connectivity index (χ2n) is 6.79. The van der Waals surface area contributed by atoms with Gasteiger partial charge in [0.2, 0.25) is 11.9 Å². The van der Waals surface area contributed by atoms with E-state index in [9.17, 15) is 4.79 Å². The van der Waals surface area contributed by atoms with Crippen LogP contribution >= 0.6 is 0 Å². The SMILES string of the molecule is Cc1cnc(Nc2ccc3cn[nH]c3c2)nc1NCCCN1CCCC1=O. The highest BCUT2D eigenvalue weighted by molar-refractivity contribution is 5.82. The topological polar surface area (TPSA) is 98.8 Å². The second-order valence-corrected chi connectivity index (χ2v) is 6.79. The van der Waals surface area contributed by atoms with Crippen molar-refractivity contribution < 1.29 is 4.79 Å². The summed E-state index contributed by atoms with van der Waals surface area (Å²) in [5.41, 5.74) is 2.85. The van der Waals surface area contributed by atoms with E-state index in [1.165, 1.54) is 0 Å². The first kappa shape index (κ1) is 17.3. The van der Waals surface area contributed by atoms with E-state index in [2.05, 4.69) is 30.8 Å². The van der Waals surface area contributed by atoms with Crippen LogP contribution in [0.2, 0.25) is 0 Å². The van der Waals surface area contributed by atoms with Crippen molar-refractivity contribution in [3.05, 3.63) is 36.2 Å². The van der Waals surface area contributed by atoms with Gasteiger partial charge in [0.05, 0.1) is 11.7 Å². The van der Waals surface area contributed by atoms with E-state index in [-0.39, 0.29) is 5.91 Å². The number of nitrogens with zero attached hydrogens (tertiary/aromatic N) is 4. The third-order valence-corrected chi connectivity index (χ3v) is 4.74. The number of hydrogen-bond acceptors (Lipinski definition) is 6. The highest BCUT2D eigenvalue weighted by atomic mass is 16.2. The van der Waals surface area contributed by atoms with Gasteiger partial charge in [0.15, 0.2) is 0 Å². The average molecular weight is 365 g/mol. The zero-order valence-corrected chi connectivity index (χ0v) is 15.3. The molecule has 3 N–H and O–H groups in total. The molecule has 1 aromatic carbocycles. The van der Waals surface area contributed by atoms with Crippen LogP contribution in [-0.2, 0) is 4.79 Å². The third-order valence-electron chi connectivity index (χ3n) is 4.74. The van der Waals surface area contributed by atoms with Gasteiger partial charge in [0.1, 0.15) is 5.82 Å². The van der Waals surface area contributed by atoms with Crippen LogP contribution in [0, 0.1) is 6.92 Å². The molecule has 0 unspecified atom stereocenters. The van der Waals surface area contributed by atoms with E-state index in [4.69, 9.17) is 0 Å². The van der Waals surface area contributed by atoms with Crippen LogP contribution in [0.15, 0.2) is 30.6 Å². The lowest BCUT2D eigenvalue weighted by Crippen LogP contribution is -2.27. The summed E-state index contributed by atoms with van der Waals surface area (Å²) in [5.74, 6) is 1.62. The third kappa shape index (κ3) is 3.99. The normalized spacial score (nSPS) is 14.1. The van der Waals surface area contributed by atoms with Gasteiger partial charge in [-0.25, -0.2) is 4.98 Å². The van der Waals surface area contributed by atoms with Crippen LogP contribution in [0.1, 0.15) is 24.8 Å². The first-order valence-corrected chi connectivity index (χ1v) is 9.24. The smallest absolute Gasteiger partial charge is 0.229 e. The van der Waals surface area contributed by atoms with Gasteiger partial charge in [0.25, 0.3) is 0 Å². The standard InChI is InChI=1S/C19H23N7O/c1-13-11-21-19(23-15-6-5-14-12-22-25-16(14)10-15)24-18(13)20-7-3-9-26-8-2-4-17(26)27/h5-6,10-12H,2-4,7-9H2,1H3,(H,22,25)(H2,20,21,23,24). The summed E-state index contributed by atoms with van der Waals surface area (Å²) >= 11 is 0. The molecule has 140 valence electrons. The Balaban J connectivity index is 1.36. The number of rotatable bonds is 7. The lowest BCUT2D eigenvalue weighted by atomic mass is 10.2. The molecule has 0 aliphatic carbocycles. The monoisotopic (exact) mass is 365 g/mol. The lowest BCUT2D eigenvalue weighted by molar-refractivity contribution is -0.127. The van der Waals surface area contributed by atoms with Gasteiger partial charge >= 0.3 is 0 Å². The van der Waals surface area contributed by atoms with Crippen molar-refractivity contribution in [3.63, 3.8) is 0 Å². The Morgan fingerprint density at radius 3 is 3.07 bits per heavy atom. The molecule has 2 aromatic heterocycles. The van der Waals surface area contributed by atoms with Gasteiger partial charge in [0, 0.05) is 48.9 Å². The lowest BCUT2D eigenvalue weighted by Gasteiger charge is -2.16. The molecule has 3 heterocycles. The van der Waals surface area contributed by atoms with Crippen LogP contribution in [0.3, 0.4) is 0 Å². The van der Waals surface area contributed by atoms with Crippen LogP contribution in [0.25, 0.3) is 10.9 Å². The van der Waals surface area contributed by atoms with E-state index in [1.54, 1.807) is 12.4 Å². The molecule has 0 spiro atoms. The Morgan fingerprint density at radius 1 is 1.30 bits per heavy atom. The van der Waals surface area contributed by atoms with E-state index >= 15 is 0 Å². The molecule has 8 heteroatoms. The van der Waals surface area contributed by atoms with Gasteiger partial charge < -0.3 is 15.5 Å². The van der Waals surface area contributed by atoms with Gasteiger partial charge in [-0.15, -0.1) is 0 Å². The zero-order chi connectivity index (χ0) is 18.6. The maximum atomic E-state index is 11.6. The minimum atomic E-state index is 0.272. The maximum absolute atomic E-state index is 11.6. The van der Waals surface area contributed by atoms with E-state index in [0.29, 0.717) is 12.4 Å². The molecule has 1 amide bonds. The van der Waals surface area contributed by atoms with Crippen molar-refractivity contribution in [2.75, 3.05) is 30.3 Å². The number of nitrogens with one attached hydrogen (secondary N) is 3. The Hall–Kier alpha value is -3.16. The molecule has 1 saturated heterocycles. The summed E-state index contributed by atoms with van der Waals surface area (Å²) in [4.78, 5) is 22.5. The molecular weight excluding hydrogens is 342 g/mol. The number of aromatic nitrogens is 4. The fourth-order valence-electron chi connectivity index (χ4n) is 3.24.